The maximum Gasteiger partial charge on any atom is 0.308 e. The van der Waals surface area contributed by atoms with Crippen LogP contribution in [0.3, 0.4) is 0 Å². The maximum atomic E-state index is 14.4. The summed E-state index contributed by atoms with van der Waals surface area (Å²) >= 11 is 0. The van der Waals surface area contributed by atoms with Crippen molar-refractivity contribution in [3.63, 3.8) is 0 Å². The monoisotopic (exact) mass is 1180 g/mol. The molecular weight excluding hydrogens is 1130 g/mol. The second-order valence-corrected chi connectivity index (χ2v) is 21.3. The first-order chi connectivity index (χ1) is 40.9. The summed E-state index contributed by atoms with van der Waals surface area (Å²) in [6, 6.07) is 34.5. The number of hydrogen-bond donors (Lipinski definition) is 1. The Kier molecular flexibility index (Phi) is 16.8. The third-order valence-corrected chi connectivity index (χ3v) is 14.9. The normalized spacial score (nSPS) is 14.3. The molecule has 0 radical (unpaired) electrons. The Morgan fingerprint density at radius 2 is 1.19 bits per heavy atom. The Balaban J connectivity index is 0.000000143. The van der Waals surface area contributed by atoms with Gasteiger partial charge in [-0.05, 0) is 124 Å². The van der Waals surface area contributed by atoms with Crippen molar-refractivity contribution in [2.75, 3.05) is 36.0 Å². The number of ketones is 1. The van der Waals surface area contributed by atoms with E-state index in [1.807, 2.05) is 60.8 Å². The molecule has 0 spiro atoms. The van der Waals surface area contributed by atoms with Gasteiger partial charge < -0.3 is 24.3 Å². The topological polar surface area (TPSA) is 122 Å². The lowest BCUT2D eigenvalue weighted by Gasteiger charge is -2.19. The van der Waals surface area contributed by atoms with Gasteiger partial charge in [-0.3, -0.25) is 18.8 Å². The van der Waals surface area contributed by atoms with Crippen LogP contribution in [0, 0.1) is 56.8 Å². The first-order valence-corrected chi connectivity index (χ1v) is 27.4. The molecule has 2 aliphatic heterocycles. The van der Waals surface area contributed by atoms with E-state index in [-0.39, 0.29) is 78.2 Å². The van der Waals surface area contributed by atoms with Crippen LogP contribution in [0.5, 0.6) is 17.2 Å². The smallest absolute Gasteiger partial charge is 0.308 e. The number of nitrogens with one attached hydrogen (secondary N) is 1. The summed E-state index contributed by atoms with van der Waals surface area (Å²) < 4.78 is 135. The number of imidazole rings is 1. The number of carbonyl (C=O) groups is 2. The third kappa shape index (κ3) is 13.2. The molecule has 0 aliphatic carbocycles. The number of H-pyrrole nitrogens is 1. The van der Waals surface area contributed by atoms with Gasteiger partial charge in [-0.15, -0.1) is 0 Å². The predicted octanol–water partition coefficient (Wildman–Crippen LogP) is 15.6. The molecule has 442 valence electrons. The average molecular weight is 1180 g/mol. The number of ether oxygens (including phenoxy) is 2. The Morgan fingerprint density at radius 3 is 1.76 bits per heavy atom. The van der Waals surface area contributed by atoms with Gasteiger partial charge in [0.15, 0.2) is 11.2 Å². The fraction of sp³-hybridized carbons (Fsp3) is 0.227. The molecule has 2 fully saturated rings. The zero-order valence-electron chi connectivity index (χ0n) is 47.1. The van der Waals surface area contributed by atoms with E-state index in [4.69, 9.17) is 9.47 Å². The summed E-state index contributed by atoms with van der Waals surface area (Å²) in [5, 5.41) is -0.266. The molecule has 10 aromatic rings. The van der Waals surface area contributed by atoms with Crippen molar-refractivity contribution in [3.8, 4) is 39.8 Å². The number of aryl methyl sites for hydroxylation is 3. The molecule has 11 nitrogen and oxygen atoms in total. The van der Waals surface area contributed by atoms with Crippen LogP contribution in [-0.4, -0.2) is 69.1 Å². The van der Waals surface area contributed by atoms with Crippen molar-refractivity contribution in [2.45, 2.75) is 72.1 Å². The van der Waals surface area contributed by atoms with E-state index in [1.165, 1.54) is 19.1 Å². The number of alkyl halides is 4. The van der Waals surface area contributed by atoms with Gasteiger partial charge >= 0.3 is 5.97 Å². The lowest BCUT2D eigenvalue weighted by atomic mass is 10.0. The van der Waals surface area contributed by atoms with Crippen LogP contribution < -0.4 is 24.7 Å². The third-order valence-electron chi connectivity index (χ3n) is 14.9. The molecule has 0 atom stereocenters. The van der Waals surface area contributed by atoms with Gasteiger partial charge in [-0.2, -0.15) is 0 Å². The summed E-state index contributed by atoms with van der Waals surface area (Å²) in [5.41, 5.74) is 7.95. The Hall–Kier alpha value is -9.46. The predicted molar refractivity (Wildman–Crippen MR) is 312 cm³/mol. The maximum absolute atomic E-state index is 14.4. The van der Waals surface area contributed by atoms with Crippen molar-refractivity contribution >= 4 is 50.6 Å². The van der Waals surface area contributed by atoms with Gasteiger partial charge in [0.2, 0.25) is 0 Å². The molecule has 0 saturated carbocycles. The van der Waals surface area contributed by atoms with Crippen molar-refractivity contribution in [2.24, 2.45) is 0 Å². The van der Waals surface area contributed by atoms with Crippen LogP contribution in [0.25, 0.3) is 50.0 Å². The van der Waals surface area contributed by atoms with Gasteiger partial charge in [0.05, 0.1) is 52.0 Å². The number of anilines is 2. The number of benzene rings is 6. The number of fused-ring (bicyclic) bond motifs is 3. The number of aromatic amines is 1. The molecule has 0 bridgehead atoms. The molecule has 12 rings (SSSR count). The van der Waals surface area contributed by atoms with E-state index in [2.05, 4.69) is 15.0 Å². The average Bonchev–Trinajstić information content (AvgIpc) is 1.69. The minimum atomic E-state index is -2.71. The van der Waals surface area contributed by atoms with Crippen molar-refractivity contribution in [3.05, 3.63) is 213 Å². The Morgan fingerprint density at radius 1 is 0.628 bits per heavy atom. The second-order valence-electron chi connectivity index (χ2n) is 21.3. The van der Waals surface area contributed by atoms with E-state index in [0.29, 0.717) is 87.2 Å². The van der Waals surface area contributed by atoms with Crippen molar-refractivity contribution in [1.29, 1.82) is 0 Å². The fourth-order valence-corrected chi connectivity index (χ4v) is 10.6. The number of carbonyl (C=O) groups excluding carboxylic acids is 2. The lowest BCUT2D eigenvalue weighted by Crippen LogP contribution is -2.24. The van der Waals surface area contributed by atoms with Crippen molar-refractivity contribution in [1.82, 2.24) is 19.4 Å². The van der Waals surface area contributed by atoms with E-state index in [9.17, 15) is 53.9 Å². The zero-order chi connectivity index (χ0) is 61.4. The first-order valence-electron chi connectivity index (χ1n) is 27.4. The standard InChI is InChI=1S/C24H21FN2O2.C22H18F4N2O2.C20H16F4N2O/c1-16-3-14-23-26-17(2)24(27(23)15-16)22(28)13-6-18-4-9-20(10-5-18)29-21-11-7-19(25)8-12-21;1-12-20(14-3-5-16(6-4-14)28-8-7-22(25,26)11-28)27-18-10-15(23)9-17(24)19(18)21(12)30-13(2)29;1-11-18(25-16-9-13(21)8-15(22)17(16)19(11)27)12-2-4-14(5-3-12)26-7-6-20(23,24)10-26/h3-5,7-12,14-15H,6,13H2,1-2H3;3-6,9-10H,7-8,11H2,1-2H3;2-5,8-9H,6-7,10H2,1H3,(H,25,27). The molecule has 2 aliphatic rings. The van der Waals surface area contributed by atoms with Crippen molar-refractivity contribution < 1.29 is 58.6 Å². The molecule has 86 heavy (non-hydrogen) atoms. The summed E-state index contributed by atoms with van der Waals surface area (Å²) in [6.45, 7) is 8.11. The largest absolute Gasteiger partial charge is 0.457 e. The summed E-state index contributed by atoms with van der Waals surface area (Å²) in [4.78, 5) is 51.9. The zero-order valence-corrected chi connectivity index (χ0v) is 47.1. The molecular formula is C66H55F9N6O5. The minimum Gasteiger partial charge on any atom is -0.457 e. The van der Waals surface area contributed by atoms with Crippen LogP contribution in [0.15, 0.2) is 144 Å². The molecule has 2 saturated heterocycles. The highest BCUT2D eigenvalue weighted by Crippen LogP contribution is 2.39. The number of nitrogens with zero attached hydrogens (tertiary/aromatic N) is 5. The SMILES string of the molecule is CC(=O)Oc1c(C)c(-c2ccc(N3CCC(F)(F)C3)cc2)nc2cc(F)cc(F)c12.Cc1c(-c2ccc(N3CCC(F)(F)C3)cc2)[nH]c2cc(F)cc(F)c2c1=O.Cc1ccc2nc(C)c(C(=O)CCc3ccc(Oc4ccc(F)cc4)cc3)n2c1. The van der Waals surface area contributed by atoms with Crippen LogP contribution in [-0.2, 0) is 11.2 Å². The summed E-state index contributed by atoms with van der Waals surface area (Å²) in [7, 11) is 0. The number of pyridine rings is 3. The quantitative estimate of drug-likeness (QED) is 0.0766. The van der Waals surface area contributed by atoms with Crippen LogP contribution >= 0.6 is 0 Å². The van der Waals surface area contributed by atoms with E-state index < -0.39 is 46.5 Å². The van der Waals surface area contributed by atoms with Crippen LogP contribution in [0.4, 0.5) is 50.9 Å². The molecule has 20 heteroatoms. The minimum absolute atomic E-state index is 0.00705. The highest BCUT2D eigenvalue weighted by atomic mass is 19.3. The molecule has 0 amide bonds. The molecule has 4 aromatic heterocycles. The van der Waals surface area contributed by atoms with Gasteiger partial charge in [-0.1, -0.05) is 42.5 Å². The Labute approximate surface area is 487 Å². The van der Waals surface area contributed by atoms with E-state index in [0.717, 1.165) is 34.6 Å². The van der Waals surface area contributed by atoms with Gasteiger partial charge in [-0.25, -0.2) is 49.5 Å². The second kappa shape index (κ2) is 24.3. The van der Waals surface area contributed by atoms with E-state index >= 15 is 0 Å². The number of halogens is 9. The molecule has 6 heterocycles. The number of Topliss-reactive ketones (excluding diaryl/α,β-unsaturated/α-hetero) is 1. The summed E-state index contributed by atoms with van der Waals surface area (Å²) in [6.07, 6.45) is 2.62. The first kappa shape index (κ1) is 59.7. The van der Waals surface area contributed by atoms with Gasteiger partial charge in [0.1, 0.15) is 57.7 Å². The number of hydrogen-bond acceptors (Lipinski definition) is 9. The van der Waals surface area contributed by atoms with Gasteiger partial charge in [0, 0.05) is 91.7 Å². The molecule has 0 unspecified atom stereocenters. The van der Waals surface area contributed by atoms with E-state index in [1.54, 1.807) is 84.3 Å². The number of rotatable bonds is 11. The Bertz CT molecular complexity index is 4270. The fourth-order valence-electron chi connectivity index (χ4n) is 10.6. The van der Waals surface area contributed by atoms with Gasteiger partial charge in [0.25, 0.3) is 11.8 Å². The number of aromatic nitrogens is 4. The number of esters is 1. The highest BCUT2D eigenvalue weighted by molar-refractivity contribution is 5.97. The van der Waals surface area contributed by atoms with Crippen LogP contribution in [0.1, 0.15) is 64.6 Å². The van der Waals surface area contributed by atoms with Crippen LogP contribution in [0.2, 0.25) is 0 Å². The molecule has 6 aromatic carbocycles. The summed E-state index contributed by atoms with van der Waals surface area (Å²) in [5.74, 6) is -8.42. The highest BCUT2D eigenvalue weighted by Gasteiger charge is 2.39. The lowest BCUT2D eigenvalue weighted by molar-refractivity contribution is -0.131. The molecule has 1 N–H and O–H groups in total.